The molecule has 0 aliphatic heterocycles. The van der Waals surface area contributed by atoms with E-state index in [1.165, 1.54) is 23.8 Å². The van der Waals surface area contributed by atoms with E-state index < -0.39 is 21.2 Å². The molecule has 0 heterocycles. The fraction of sp³-hybridized carbons (Fsp3) is 0.222. The van der Waals surface area contributed by atoms with Crippen LogP contribution < -0.4 is 4.72 Å². The van der Waals surface area contributed by atoms with Crippen LogP contribution in [0.4, 0.5) is 18.9 Å². The van der Waals surface area contributed by atoms with Crippen LogP contribution in [0, 0.1) is 0 Å². The van der Waals surface area contributed by atoms with Crippen LogP contribution in [-0.4, -0.2) is 24.8 Å². The Morgan fingerprint density at radius 2 is 2.00 bits per heavy atom. The molecule has 1 aromatic carbocycles. The number of rotatable bonds is 3. The normalized spacial score (nSPS) is 13.4. The van der Waals surface area contributed by atoms with E-state index in [1.807, 2.05) is 0 Å². The number of benzene rings is 1. The number of nitrogens with zero attached hydrogens (tertiary/aromatic N) is 1. The molecule has 0 bridgehead atoms. The average molecular weight is 317 g/mol. The Labute approximate surface area is 111 Å². The summed E-state index contributed by atoms with van der Waals surface area (Å²) in [6.07, 6.45) is 0. The molecule has 10 heteroatoms. The zero-order chi connectivity index (χ0) is 14.8. The Hall–Kier alpha value is -1.48. The highest BCUT2D eigenvalue weighted by atomic mass is 35.5. The summed E-state index contributed by atoms with van der Waals surface area (Å²) >= 11 is 5.64. The minimum atomic E-state index is -5.56. The zero-order valence-electron chi connectivity index (χ0n) is 9.36. The molecule has 0 aliphatic carbocycles. The Kier molecular flexibility index (Phi) is 4.31. The quantitative estimate of drug-likeness (QED) is 0.511. The van der Waals surface area contributed by atoms with Crippen LogP contribution in [-0.2, 0) is 10.0 Å². The first kappa shape index (κ1) is 15.6. The molecular formula is C9H8ClF3N2O3S. The Morgan fingerprint density at radius 1 is 1.42 bits per heavy atom. The highest BCUT2D eigenvalue weighted by Crippen LogP contribution is 2.28. The number of halogens is 4. The zero-order valence-corrected chi connectivity index (χ0v) is 10.9. The van der Waals surface area contributed by atoms with Crippen molar-refractivity contribution in [2.45, 2.75) is 12.4 Å². The maximum Gasteiger partial charge on any atom is 0.516 e. The number of alkyl halides is 3. The van der Waals surface area contributed by atoms with Gasteiger partial charge >= 0.3 is 15.5 Å². The molecule has 2 N–H and O–H groups in total. The maximum atomic E-state index is 12.3. The molecule has 0 fully saturated rings. The van der Waals surface area contributed by atoms with E-state index in [9.17, 15) is 21.6 Å². The second-order valence-corrected chi connectivity index (χ2v) is 5.54. The molecule has 0 atom stereocenters. The van der Waals surface area contributed by atoms with Crippen molar-refractivity contribution < 1.29 is 26.8 Å². The van der Waals surface area contributed by atoms with Crippen molar-refractivity contribution in [3.05, 3.63) is 28.8 Å². The fourth-order valence-electron chi connectivity index (χ4n) is 1.16. The van der Waals surface area contributed by atoms with Crippen molar-refractivity contribution in [3.63, 3.8) is 0 Å². The van der Waals surface area contributed by atoms with Crippen molar-refractivity contribution in [1.29, 1.82) is 0 Å². The van der Waals surface area contributed by atoms with E-state index >= 15 is 0 Å². The van der Waals surface area contributed by atoms with Gasteiger partial charge in [0.25, 0.3) is 0 Å². The first-order valence-electron chi connectivity index (χ1n) is 4.66. The molecule has 0 aliphatic rings. The van der Waals surface area contributed by atoms with Gasteiger partial charge in [-0.3, -0.25) is 4.72 Å². The third-order valence-corrected chi connectivity index (χ3v) is 3.40. The second kappa shape index (κ2) is 5.25. The second-order valence-electron chi connectivity index (χ2n) is 3.43. The predicted molar refractivity (Wildman–Crippen MR) is 64.0 cm³/mol. The highest BCUT2D eigenvalue weighted by Gasteiger charge is 2.46. The van der Waals surface area contributed by atoms with Gasteiger partial charge in [0.2, 0.25) is 0 Å². The van der Waals surface area contributed by atoms with Gasteiger partial charge in [-0.05, 0) is 25.1 Å². The smallest absolute Gasteiger partial charge is 0.411 e. The minimum Gasteiger partial charge on any atom is -0.411 e. The van der Waals surface area contributed by atoms with Crippen molar-refractivity contribution in [2.24, 2.45) is 5.16 Å². The third-order valence-electron chi connectivity index (χ3n) is 2.07. The molecule has 19 heavy (non-hydrogen) atoms. The van der Waals surface area contributed by atoms with Gasteiger partial charge in [-0.15, -0.1) is 0 Å². The average Bonchev–Trinajstić information content (AvgIpc) is 2.28. The standard InChI is InChI=1S/C9H8ClF3N2O3S/c1-5(14-16)7-4-6(10)2-3-8(7)15-19(17,18)9(11,12)13/h2-4,15-16H,1H3/b14-5+. The molecule has 0 amide bonds. The summed E-state index contributed by atoms with van der Waals surface area (Å²) in [5, 5.41) is 11.5. The summed E-state index contributed by atoms with van der Waals surface area (Å²) in [4.78, 5) is 0. The van der Waals surface area contributed by atoms with Crippen LogP contribution >= 0.6 is 11.6 Å². The Balaban J connectivity index is 3.31. The predicted octanol–water partition coefficient (Wildman–Crippen LogP) is 2.80. The number of anilines is 1. The summed E-state index contributed by atoms with van der Waals surface area (Å²) in [5.41, 5.74) is -6.00. The Bertz CT molecular complexity index is 614. The van der Waals surface area contributed by atoms with E-state index in [-0.39, 0.29) is 16.3 Å². The Morgan fingerprint density at radius 3 is 2.47 bits per heavy atom. The van der Waals surface area contributed by atoms with E-state index in [2.05, 4.69) is 5.16 Å². The number of oxime groups is 1. The van der Waals surface area contributed by atoms with Crippen molar-refractivity contribution in [1.82, 2.24) is 0 Å². The first-order chi connectivity index (χ1) is 8.58. The van der Waals surface area contributed by atoms with Crippen LogP contribution in [0.3, 0.4) is 0 Å². The molecule has 0 saturated heterocycles. The summed E-state index contributed by atoms with van der Waals surface area (Å²) in [6, 6.07) is 3.41. The van der Waals surface area contributed by atoms with Crippen molar-refractivity contribution in [3.8, 4) is 0 Å². The minimum absolute atomic E-state index is 0.0668. The highest BCUT2D eigenvalue weighted by molar-refractivity contribution is 7.93. The lowest BCUT2D eigenvalue weighted by Crippen LogP contribution is -2.30. The van der Waals surface area contributed by atoms with Crippen LogP contribution in [0.1, 0.15) is 12.5 Å². The molecule has 5 nitrogen and oxygen atoms in total. The molecule has 0 aromatic heterocycles. The van der Waals surface area contributed by atoms with Gasteiger partial charge in [-0.2, -0.15) is 21.6 Å². The molecule has 1 rings (SSSR count). The monoisotopic (exact) mass is 316 g/mol. The summed E-state index contributed by atoms with van der Waals surface area (Å²) in [6.45, 7) is 1.27. The number of sulfonamides is 1. The van der Waals surface area contributed by atoms with Gasteiger partial charge in [0.1, 0.15) is 0 Å². The summed E-state index contributed by atoms with van der Waals surface area (Å²) in [5.74, 6) is 0. The van der Waals surface area contributed by atoms with Gasteiger partial charge in [0.15, 0.2) is 0 Å². The topological polar surface area (TPSA) is 78.8 Å². The van der Waals surface area contributed by atoms with Crippen LogP contribution in [0.15, 0.2) is 23.4 Å². The van der Waals surface area contributed by atoms with Gasteiger partial charge in [0.05, 0.1) is 11.4 Å². The van der Waals surface area contributed by atoms with Gasteiger partial charge < -0.3 is 5.21 Å². The van der Waals surface area contributed by atoms with Crippen molar-refractivity contribution >= 4 is 33.0 Å². The van der Waals surface area contributed by atoms with Gasteiger partial charge in [-0.25, -0.2) is 0 Å². The molecule has 0 saturated carbocycles. The van der Waals surface area contributed by atoms with E-state index in [4.69, 9.17) is 16.8 Å². The van der Waals surface area contributed by atoms with Crippen LogP contribution in [0.25, 0.3) is 0 Å². The van der Waals surface area contributed by atoms with Crippen molar-refractivity contribution in [2.75, 3.05) is 4.72 Å². The van der Waals surface area contributed by atoms with Gasteiger partial charge in [0, 0.05) is 10.6 Å². The molecule has 0 radical (unpaired) electrons. The van der Waals surface area contributed by atoms with Gasteiger partial charge in [-0.1, -0.05) is 16.8 Å². The van der Waals surface area contributed by atoms with E-state index in [0.29, 0.717) is 0 Å². The number of nitrogens with one attached hydrogen (secondary N) is 1. The SMILES string of the molecule is C/C(=N\O)c1cc(Cl)ccc1NS(=O)(=O)C(F)(F)F. The number of hydrogen-bond donors (Lipinski definition) is 2. The molecule has 0 spiro atoms. The molecule has 106 valence electrons. The largest absolute Gasteiger partial charge is 0.516 e. The van der Waals surface area contributed by atoms with E-state index in [0.717, 1.165) is 6.07 Å². The lowest BCUT2D eigenvalue weighted by atomic mass is 10.1. The lowest BCUT2D eigenvalue weighted by Gasteiger charge is -2.13. The molecule has 0 unspecified atom stereocenters. The van der Waals surface area contributed by atoms with E-state index in [1.54, 1.807) is 0 Å². The van der Waals surface area contributed by atoms with Crippen LogP contribution in [0.5, 0.6) is 0 Å². The summed E-state index contributed by atoms with van der Waals surface area (Å²) < 4.78 is 60.1. The maximum absolute atomic E-state index is 12.3. The number of hydrogen-bond acceptors (Lipinski definition) is 4. The third kappa shape index (κ3) is 3.51. The summed E-state index contributed by atoms with van der Waals surface area (Å²) in [7, 11) is -5.56. The fourth-order valence-corrected chi connectivity index (χ4v) is 1.92. The molecule has 1 aromatic rings. The molecular weight excluding hydrogens is 309 g/mol. The van der Waals surface area contributed by atoms with Crippen LogP contribution in [0.2, 0.25) is 5.02 Å². The first-order valence-corrected chi connectivity index (χ1v) is 6.52. The lowest BCUT2D eigenvalue weighted by molar-refractivity contribution is -0.0429.